The molecule has 142 valence electrons. The Kier molecular flexibility index (Phi) is 4.80. The lowest BCUT2D eigenvalue weighted by Gasteiger charge is -2.34. The summed E-state index contributed by atoms with van der Waals surface area (Å²) in [6.45, 7) is 6.87. The number of hydrogen-bond donors (Lipinski definition) is 0. The van der Waals surface area contributed by atoms with Crippen molar-refractivity contribution in [3.05, 3.63) is 23.8 Å². The molecule has 0 saturated carbocycles. The first-order chi connectivity index (χ1) is 12.5. The van der Waals surface area contributed by atoms with Crippen molar-refractivity contribution < 1.29 is 23.7 Å². The number of para-hydroxylation sites is 1. The Morgan fingerprint density at radius 3 is 2.92 bits per heavy atom. The van der Waals surface area contributed by atoms with Gasteiger partial charge >= 0.3 is 0 Å². The van der Waals surface area contributed by atoms with Crippen molar-refractivity contribution in [1.82, 2.24) is 4.90 Å². The molecule has 3 aliphatic heterocycles. The molecule has 0 N–H and O–H groups in total. The SMILES string of the molecule is CC1(C)Cc2cccc(OCC(=O)N3CCCC(C4OCCO4)C3)c2O1. The van der Waals surface area contributed by atoms with Gasteiger partial charge in [-0.3, -0.25) is 4.79 Å². The fourth-order valence-electron chi connectivity index (χ4n) is 4.04. The molecule has 0 spiro atoms. The van der Waals surface area contributed by atoms with Gasteiger partial charge in [0.1, 0.15) is 5.60 Å². The molecule has 2 fully saturated rings. The Bertz CT molecular complexity index is 668. The zero-order chi connectivity index (χ0) is 18.1. The second-order valence-corrected chi connectivity index (χ2v) is 7.92. The number of rotatable bonds is 4. The molecule has 3 aliphatic rings. The third-order valence-corrected chi connectivity index (χ3v) is 5.25. The number of piperidine rings is 1. The van der Waals surface area contributed by atoms with E-state index < -0.39 is 0 Å². The van der Waals surface area contributed by atoms with Crippen LogP contribution in [0.5, 0.6) is 11.5 Å². The third-order valence-electron chi connectivity index (χ3n) is 5.25. The van der Waals surface area contributed by atoms with Crippen molar-refractivity contribution in [2.24, 2.45) is 5.92 Å². The van der Waals surface area contributed by atoms with Crippen LogP contribution >= 0.6 is 0 Å². The molecule has 1 unspecified atom stereocenters. The average Bonchev–Trinajstić information content (AvgIpc) is 3.26. The van der Waals surface area contributed by atoms with Crippen LogP contribution in [0, 0.1) is 5.92 Å². The summed E-state index contributed by atoms with van der Waals surface area (Å²) in [4.78, 5) is 14.5. The molecular weight excluding hydrogens is 334 g/mol. The van der Waals surface area contributed by atoms with Crippen LogP contribution in [0.1, 0.15) is 32.3 Å². The molecular formula is C20H27NO5. The van der Waals surface area contributed by atoms with Gasteiger partial charge in [-0.15, -0.1) is 0 Å². The minimum atomic E-state index is -0.229. The molecule has 0 aromatic heterocycles. The van der Waals surface area contributed by atoms with Crippen molar-refractivity contribution in [3.63, 3.8) is 0 Å². The maximum Gasteiger partial charge on any atom is 0.260 e. The zero-order valence-electron chi connectivity index (χ0n) is 15.5. The van der Waals surface area contributed by atoms with Crippen LogP contribution in [0.3, 0.4) is 0 Å². The van der Waals surface area contributed by atoms with Gasteiger partial charge in [-0.25, -0.2) is 0 Å². The Balaban J connectivity index is 1.35. The predicted octanol–water partition coefficient (Wildman–Crippen LogP) is 2.39. The van der Waals surface area contributed by atoms with E-state index in [1.165, 1.54) is 0 Å². The van der Waals surface area contributed by atoms with Crippen molar-refractivity contribution in [1.29, 1.82) is 0 Å². The number of nitrogens with zero attached hydrogens (tertiary/aromatic N) is 1. The second kappa shape index (κ2) is 7.08. The molecule has 26 heavy (non-hydrogen) atoms. The first-order valence-electron chi connectivity index (χ1n) is 9.46. The summed E-state index contributed by atoms with van der Waals surface area (Å²) in [6, 6.07) is 5.87. The lowest BCUT2D eigenvalue weighted by atomic mass is 9.97. The number of carbonyl (C=O) groups is 1. The average molecular weight is 361 g/mol. The molecule has 1 aromatic carbocycles. The number of hydrogen-bond acceptors (Lipinski definition) is 5. The fourth-order valence-corrected chi connectivity index (χ4v) is 4.04. The largest absolute Gasteiger partial charge is 0.483 e. The van der Waals surface area contributed by atoms with E-state index in [1.807, 2.05) is 17.0 Å². The van der Waals surface area contributed by atoms with Crippen LogP contribution in [-0.2, 0) is 20.7 Å². The van der Waals surface area contributed by atoms with E-state index in [-0.39, 0.29) is 30.3 Å². The van der Waals surface area contributed by atoms with Crippen molar-refractivity contribution in [2.45, 2.75) is 45.0 Å². The zero-order valence-corrected chi connectivity index (χ0v) is 15.5. The third kappa shape index (κ3) is 3.67. The van der Waals surface area contributed by atoms with E-state index in [2.05, 4.69) is 19.9 Å². The first kappa shape index (κ1) is 17.6. The molecule has 1 amide bonds. The van der Waals surface area contributed by atoms with Gasteiger partial charge < -0.3 is 23.8 Å². The Labute approximate surface area is 154 Å². The number of fused-ring (bicyclic) bond motifs is 1. The Morgan fingerprint density at radius 2 is 2.12 bits per heavy atom. The topological polar surface area (TPSA) is 57.2 Å². The van der Waals surface area contributed by atoms with E-state index in [4.69, 9.17) is 18.9 Å². The molecule has 0 radical (unpaired) electrons. The molecule has 2 saturated heterocycles. The van der Waals surface area contributed by atoms with Crippen LogP contribution in [0.25, 0.3) is 0 Å². The Morgan fingerprint density at radius 1 is 1.31 bits per heavy atom. The van der Waals surface area contributed by atoms with E-state index in [9.17, 15) is 4.79 Å². The number of carbonyl (C=O) groups excluding carboxylic acids is 1. The normalized spacial score (nSPS) is 25.0. The molecule has 4 rings (SSSR count). The van der Waals surface area contributed by atoms with Gasteiger partial charge in [-0.2, -0.15) is 0 Å². The summed E-state index contributed by atoms with van der Waals surface area (Å²) in [6.07, 6.45) is 2.68. The molecule has 1 aromatic rings. The summed E-state index contributed by atoms with van der Waals surface area (Å²) in [5.74, 6) is 1.68. The quantitative estimate of drug-likeness (QED) is 0.824. The summed E-state index contributed by atoms with van der Waals surface area (Å²) < 4.78 is 23.1. The van der Waals surface area contributed by atoms with Gasteiger partial charge in [0.15, 0.2) is 24.4 Å². The van der Waals surface area contributed by atoms with E-state index in [0.29, 0.717) is 25.5 Å². The maximum atomic E-state index is 12.6. The molecule has 6 heteroatoms. The van der Waals surface area contributed by atoms with Crippen LogP contribution < -0.4 is 9.47 Å². The van der Waals surface area contributed by atoms with Crippen LogP contribution in [0.15, 0.2) is 18.2 Å². The number of benzene rings is 1. The van der Waals surface area contributed by atoms with Gasteiger partial charge in [0, 0.05) is 31.0 Å². The minimum absolute atomic E-state index is 0.00237. The van der Waals surface area contributed by atoms with Crippen molar-refractivity contribution in [2.75, 3.05) is 32.9 Å². The molecule has 1 atom stereocenters. The van der Waals surface area contributed by atoms with Crippen molar-refractivity contribution >= 4 is 5.91 Å². The van der Waals surface area contributed by atoms with Gasteiger partial charge in [0.05, 0.1) is 13.2 Å². The monoisotopic (exact) mass is 361 g/mol. The second-order valence-electron chi connectivity index (χ2n) is 7.92. The fraction of sp³-hybridized carbons (Fsp3) is 0.650. The van der Waals surface area contributed by atoms with E-state index >= 15 is 0 Å². The summed E-state index contributed by atoms with van der Waals surface area (Å²) in [7, 11) is 0. The number of likely N-dealkylation sites (tertiary alicyclic amines) is 1. The summed E-state index contributed by atoms with van der Waals surface area (Å²) >= 11 is 0. The van der Waals surface area contributed by atoms with Gasteiger partial charge in [-0.05, 0) is 32.8 Å². The highest BCUT2D eigenvalue weighted by atomic mass is 16.7. The highest BCUT2D eigenvalue weighted by Gasteiger charge is 2.34. The van der Waals surface area contributed by atoms with Crippen LogP contribution in [0.4, 0.5) is 0 Å². The maximum absolute atomic E-state index is 12.6. The Hall–Kier alpha value is -1.79. The van der Waals surface area contributed by atoms with Gasteiger partial charge in [0.2, 0.25) is 0 Å². The molecule has 0 aliphatic carbocycles. The van der Waals surface area contributed by atoms with Crippen molar-refractivity contribution in [3.8, 4) is 11.5 Å². The van der Waals surface area contributed by atoms with E-state index in [1.54, 1.807) is 0 Å². The number of ether oxygens (including phenoxy) is 4. The predicted molar refractivity (Wildman–Crippen MR) is 95.3 cm³/mol. The van der Waals surface area contributed by atoms with Gasteiger partial charge in [0.25, 0.3) is 5.91 Å². The van der Waals surface area contributed by atoms with Gasteiger partial charge in [-0.1, -0.05) is 12.1 Å². The lowest BCUT2D eigenvalue weighted by Crippen LogP contribution is -2.45. The van der Waals surface area contributed by atoms with E-state index in [0.717, 1.165) is 37.1 Å². The first-order valence-corrected chi connectivity index (χ1v) is 9.46. The van der Waals surface area contributed by atoms with Crippen LogP contribution in [0.2, 0.25) is 0 Å². The minimum Gasteiger partial charge on any atom is -0.483 e. The highest BCUT2D eigenvalue weighted by Crippen LogP contribution is 2.41. The summed E-state index contributed by atoms with van der Waals surface area (Å²) in [5.41, 5.74) is 0.904. The molecule has 0 bridgehead atoms. The number of amides is 1. The standard InChI is InChI=1S/C20H27NO5/c1-20(2)11-14-5-3-7-16(18(14)26-20)25-13-17(22)21-8-4-6-15(12-21)19-23-9-10-24-19/h3,5,7,15,19H,4,6,8-13H2,1-2H3. The highest BCUT2D eigenvalue weighted by molar-refractivity contribution is 5.78. The molecule has 6 nitrogen and oxygen atoms in total. The lowest BCUT2D eigenvalue weighted by molar-refractivity contribution is -0.141. The smallest absolute Gasteiger partial charge is 0.260 e. The summed E-state index contributed by atoms with van der Waals surface area (Å²) in [5, 5.41) is 0. The molecule has 3 heterocycles. The van der Waals surface area contributed by atoms with Crippen LogP contribution in [-0.4, -0.2) is 55.6 Å².